The van der Waals surface area contributed by atoms with Crippen LogP contribution in [0.25, 0.3) is 0 Å². The van der Waals surface area contributed by atoms with Gasteiger partial charge in [0.25, 0.3) is 0 Å². The van der Waals surface area contributed by atoms with E-state index in [1.54, 1.807) is 27.7 Å². The summed E-state index contributed by atoms with van der Waals surface area (Å²) in [6.45, 7) is 7.19. The summed E-state index contributed by atoms with van der Waals surface area (Å²) in [5, 5.41) is 2.49. The Kier molecular flexibility index (Phi) is 7.05. The van der Waals surface area contributed by atoms with E-state index in [0.717, 1.165) is 11.8 Å². The normalized spacial score (nSPS) is 10.6. The summed E-state index contributed by atoms with van der Waals surface area (Å²) in [6, 6.07) is 0. The fourth-order valence-corrected chi connectivity index (χ4v) is 1.45. The van der Waals surface area contributed by atoms with Crippen molar-refractivity contribution in [2.24, 2.45) is 11.8 Å². The Bertz CT molecular complexity index is 248. The maximum atomic E-state index is 11.3. The second-order valence-electron chi connectivity index (χ2n) is 4.16. The second kappa shape index (κ2) is 7.44. The van der Waals surface area contributed by atoms with E-state index in [2.05, 4.69) is 5.32 Å². The number of thioether (sulfide) groups is 1. The van der Waals surface area contributed by atoms with Crippen molar-refractivity contribution in [2.45, 2.75) is 27.7 Å². The third kappa shape index (κ3) is 6.61. The van der Waals surface area contributed by atoms with Gasteiger partial charge in [0.15, 0.2) is 10.9 Å². The van der Waals surface area contributed by atoms with Crippen LogP contribution < -0.4 is 5.32 Å². The van der Waals surface area contributed by atoms with Crippen molar-refractivity contribution < 1.29 is 14.4 Å². The van der Waals surface area contributed by atoms with Crippen molar-refractivity contribution in [3.8, 4) is 0 Å². The first-order valence-corrected chi connectivity index (χ1v) is 6.29. The fourth-order valence-electron chi connectivity index (χ4n) is 0.744. The van der Waals surface area contributed by atoms with Crippen LogP contribution in [0.15, 0.2) is 0 Å². The molecule has 0 saturated heterocycles. The standard InChI is InChI=1S/C11H19NO3S/c1-7(2)9(13)5-12-10(14)6-16-11(15)8(3)4/h7-8H,5-6H2,1-4H3,(H,12,14). The Morgan fingerprint density at radius 1 is 1.06 bits per heavy atom. The van der Waals surface area contributed by atoms with E-state index in [1.807, 2.05) is 0 Å². The van der Waals surface area contributed by atoms with Crippen molar-refractivity contribution in [3.63, 3.8) is 0 Å². The Labute approximate surface area is 101 Å². The molecule has 0 heterocycles. The molecule has 0 rings (SSSR count). The molecule has 5 heteroatoms. The highest BCUT2D eigenvalue weighted by Gasteiger charge is 2.12. The lowest BCUT2D eigenvalue weighted by Gasteiger charge is -2.06. The van der Waals surface area contributed by atoms with Gasteiger partial charge in [-0.2, -0.15) is 0 Å². The zero-order valence-electron chi connectivity index (χ0n) is 10.2. The maximum absolute atomic E-state index is 11.3. The van der Waals surface area contributed by atoms with Crippen molar-refractivity contribution >= 4 is 28.6 Å². The van der Waals surface area contributed by atoms with Gasteiger partial charge in [0.1, 0.15) is 0 Å². The molecule has 4 nitrogen and oxygen atoms in total. The number of Topliss-reactive ketones (excluding diaryl/α,β-unsaturated/α-hetero) is 1. The average Bonchev–Trinajstić information content (AvgIpc) is 2.21. The largest absolute Gasteiger partial charge is 0.348 e. The van der Waals surface area contributed by atoms with Gasteiger partial charge >= 0.3 is 0 Å². The van der Waals surface area contributed by atoms with Crippen LogP contribution in [0.1, 0.15) is 27.7 Å². The van der Waals surface area contributed by atoms with E-state index >= 15 is 0 Å². The van der Waals surface area contributed by atoms with Crippen molar-refractivity contribution in [3.05, 3.63) is 0 Å². The van der Waals surface area contributed by atoms with Crippen LogP contribution >= 0.6 is 11.8 Å². The number of carbonyl (C=O) groups is 3. The lowest BCUT2D eigenvalue weighted by Crippen LogP contribution is -2.33. The molecule has 0 unspecified atom stereocenters. The van der Waals surface area contributed by atoms with Gasteiger partial charge in [-0.25, -0.2) is 0 Å². The number of amides is 1. The minimum absolute atomic E-state index is 0.00599. The van der Waals surface area contributed by atoms with Crippen molar-refractivity contribution in [2.75, 3.05) is 12.3 Å². The lowest BCUT2D eigenvalue weighted by molar-refractivity contribution is -0.125. The highest BCUT2D eigenvalue weighted by Crippen LogP contribution is 2.09. The summed E-state index contributed by atoms with van der Waals surface area (Å²) in [7, 11) is 0. The highest BCUT2D eigenvalue weighted by molar-refractivity contribution is 8.14. The molecule has 0 aliphatic rings. The molecule has 0 aliphatic heterocycles. The summed E-state index contributed by atoms with van der Waals surface area (Å²) >= 11 is 0.990. The summed E-state index contributed by atoms with van der Waals surface area (Å²) in [5.74, 6) is -0.343. The lowest BCUT2D eigenvalue weighted by atomic mass is 10.1. The molecule has 0 aromatic carbocycles. The van der Waals surface area contributed by atoms with Crippen LogP contribution in [0.5, 0.6) is 0 Å². The third-order valence-corrected chi connectivity index (χ3v) is 3.08. The van der Waals surface area contributed by atoms with Gasteiger partial charge in [-0.3, -0.25) is 14.4 Å². The zero-order chi connectivity index (χ0) is 12.7. The molecule has 0 aliphatic carbocycles. The van der Waals surface area contributed by atoms with Crippen LogP contribution in [0.2, 0.25) is 0 Å². The highest BCUT2D eigenvalue weighted by atomic mass is 32.2. The number of rotatable bonds is 6. The second-order valence-corrected chi connectivity index (χ2v) is 5.14. The van der Waals surface area contributed by atoms with Gasteiger partial charge in [-0.05, 0) is 0 Å². The minimum Gasteiger partial charge on any atom is -0.348 e. The number of nitrogens with one attached hydrogen (secondary N) is 1. The first kappa shape index (κ1) is 15.2. The van der Waals surface area contributed by atoms with E-state index in [4.69, 9.17) is 0 Å². The van der Waals surface area contributed by atoms with E-state index in [-0.39, 0.29) is 40.9 Å². The molecule has 0 spiro atoms. The first-order valence-electron chi connectivity index (χ1n) is 5.30. The van der Waals surface area contributed by atoms with Crippen LogP contribution in [-0.2, 0) is 14.4 Å². The third-order valence-electron chi connectivity index (χ3n) is 1.92. The summed E-state index contributed by atoms with van der Waals surface area (Å²) < 4.78 is 0. The SMILES string of the molecule is CC(C)C(=O)CNC(=O)CSC(=O)C(C)C. The zero-order valence-corrected chi connectivity index (χ0v) is 11.0. The number of carbonyl (C=O) groups excluding carboxylic acids is 3. The van der Waals surface area contributed by atoms with Crippen LogP contribution in [0.4, 0.5) is 0 Å². The molecule has 16 heavy (non-hydrogen) atoms. The predicted octanol–water partition coefficient (Wildman–Crippen LogP) is 1.24. The van der Waals surface area contributed by atoms with Crippen LogP contribution in [0.3, 0.4) is 0 Å². The van der Waals surface area contributed by atoms with E-state index in [9.17, 15) is 14.4 Å². The number of ketones is 1. The molecule has 0 saturated carbocycles. The van der Waals surface area contributed by atoms with E-state index < -0.39 is 0 Å². The Hall–Kier alpha value is -0.840. The molecular formula is C11H19NO3S. The summed E-state index contributed by atoms with van der Waals surface area (Å²) in [5.41, 5.74) is 0. The predicted molar refractivity (Wildman–Crippen MR) is 65.2 cm³/mol. The van der Waals surface area contributed by atoms with Gasteiger partial charge in [0.05, 0.1) is 12.3 Å². The van der Waals surface area contributed by atoms with Crippen molar-refractivity contribution in [1.29, 1.82) is 0 Å². The molecule has 0 fully saturated rings. The van der Waals surface area contributed by atoms with E-state index in [1.165, 1.54) is 0 Å². The molecular weight excluding hydrogens is 226 g/mol. The molecule has 92 valence electrons. The molecule has 1 amide bonds. The molecule has 0 bridgehead atoms. The molecule has 0 aromatic rings. The van der Waals surface area contributed by atoms with Crippen LogP contribution in [-0.4, -0.2) is 29.1 Å². The first-order chi connectivity index (χ1) is 7.34. The average molecular weight is 245 g/mol. The van der Waals surface area contributed by atoms with E-state index in [0.29, 0.717) is 0 Å². The summed E-state index contributed by atoms with van der Waals surface area (Å²) in [6.07, 6.45) is 0. The minimum atomic E-state index is -0.270. The maximum Gasteiger partial charge on any atom is 0.230 e. The smallest absolute Gasteiger partial charge is 0.230 e. The molecule has 1 N–H and O–H groups in total. The Morgan fingerprint density at radius 2 is 1.62 bits per heavy atom. The van der Waals surface area contributed by atoms with Gasteiger partial charge < -0.3 is 5.32 Å². The monoisotopic (exact) mass is 245 g/mol. The number of hydrogen-bond acceptors (Lipinski definition) is 4. The van der Waals surface area contributed by atoms with Gasteiger partial charge in [0.2, 0.25) is 5.91 Å². The molecule has 0 atom stereocenters. The van der Waals surface area contributed by atoms with Crippen molar-refractivity contribution in [1.82, 2.24) is 5.32 Å². The quantitative estimate of drug-likeness (QED) is 0.765. The van der Waals surface area contributed by atoms with Gasteiger partial charge in [-0.15, -0.1) is 0 Å². The van der Waals surface area contributed by atoms with Gasteiger partial charge in [-0.1, -0.05) is 39.5 Å². The molecule has 0 aromatic heterocycles. The van der Waals surface area contributed by atoms with Crippen LogP contribution in [0, 0.1) is 11.8 Å². The molecule has 0 radical (unpaired) electrons. The van der Waals surface area contributed by atoms with Gasteiger partial charge in [0, 0.05) is 11.8 Å². The fraction of sp³-hybridized carbons (Fsp3) is 0.727. The number of hydrogen-bond donors (Lipinski definition) is 1. The Balaban J connectivity index is 3.76. The summed E-state index contributed by atoms with van der Waals surface area (Å²) in [4.78, 5) is 33.7. The topological polar surface area (TPSA) is 63.2 Å². The Morgan fingerprint density at radius 3 is 2.06 bits per heavy atom.